The van der Waals surface area contributed by atoms with E-state index in [0.29, 0.717) is 36.9 Å². The summed E-state index contributed by atoms with van der Waals surface area (Å²) in [4.78, 5) is 13.4. The summed E-state index contributed by atoms with van der Waals surface area (Å²) in [5, 5.41) is 14.7. The highest BCUT2D eigenvalue weighted by Gasteiger charge is 2.72. The fourth-order valence-corrected chi connectivity index (χ4v) is 13.0. The zero-order valence-electron chi connectivity index (χ0n) is 30.1. The SMILES string of the molecule is CNC1(CO[C@H]2[C@H](OC)C[C@]3(C)COC[C@@]24C2=CC[C@@]5(C)[C@H](C(=O)O)[C@@](C)([C@H](C)C(C)C)CC[C@]5(C)[C@H]2CC[C@H]34)CCCCC1. The molecular weight excluding hydrogens is 562 g/mol. The third-order valence-electron chi connectivity index (χ3n) is 16.2. The number of carbonyl (C=O) groups is 1. The second kappa shape index (κ2) is 11.6. The van der Waals surface area contributed by atoms with Gasteiger partial charge in [-0.2, -0.15) is 0 Å². The van der Waals surface area contributed by atoms with Crippen LogP contribution >= 0.6 is 0 Å². The highest BCUT2D eigenvalue weighted by Crippen LogP contribution is 2.75. The van der Waals surface area contributed by atoms with Crippen molar-refractivity contribution >= 4 is 5.97 Å². The molecule has 5 aliphatic carbocycles. The number of carboxylic acids is 1. The smallest absolute Gasteiger partial charge is 0.307 e. The Morgan fingerprint density at radius 3 is 2.36 bits per heavy atom. The van der Waals surface area contributed by atoms with E-state index in [9.17, 15) is 9.90 Å². The first-order valence-electron chi connectivity index (χ1n) is 18.5. The highest BCUT2D eigenvalue weighted by atomic mass is 16.5. The zero-order chi connectivity index (χ0) is 32.6. The number of ether oxygens (including phenoxy) is 3. The Balaban J connectivity index is 1.45. The van der Waals surface area contributed by atoms with E-state index in [0.717, 1.165) is 58.0 Å². The van der Waals surface area contributed by atoms with Crippen molar-refractivity contribution in [2.75, 3.05) is 34.0 Å². The number of nitrogens with one attached hydrogen (secondary N) is 1. The number of aliphatic carboxylic acids is 1. The Labute approximate surface area is 274 Å². The van der Waals surface area contributed by atoms with Crippen LogP contribution in [-0.2, 0) is 19.0 Å². The van der Waals surface area contributed by atoms with E-state index in [1.807, 2.05) is 7.11 Å². The molecule has 1 heterocycles. The van der Waals surface area contributed by atoms with Gasteiger partial charge in [-0.1, -0.05) is 79.4 Å². The number of likely N-dealkylation sites (N-methyl/N-ethyl adjacent to an activating group) is 1. The molecule has 0 aromatic rings. The minimum absolute atomic E-state index is 0.0155. The van der Waals surface area contributed by atoms with Gasteiger partial charge in [0.1, 0.15) is 0 Å². The monoisotopic (exact) mass is 627 g/mol. The lowest BCUT2D eigenvalue weighted by Gasteiger charge is -2.71. The van der Waals surface area contributed by atoms with Crippen LogP contribution in [0.3, 0.4) is 0 Å². The van der Waals surface area contributed by atoms with Crippen molar-refractivity contribution in [3.63, 3.8) is 0 Å². The first-order chi connectivity index (χ1) is 21.2. The van der Waals surface area contributed by atoms with Crippen molar-refractivity contribution in [2.24, 2.45) is 56.7 Å². The number of hydrogen-bond acceptors (Lipinski definition) is 5. The van der Waals surface area contributed by atoms with Gasteiger partial charge in [-0.25, -0.2) is 0 Å². The quantitative estimate of drug-likeness (QED) is 0.267. The van der Waals surface area contributed by atoms with E-state index < -0.39 is 5.97 Å². The minimum atomic E-state index is -0.598. The normalized spacial score (nSPS) is 48.0. The van der Waals surface area contributed by atoms with Crippen molar-refractivity contribution in [1.82, 2.24) is 5.32 Å². The van der Waals surface area contributed by atoms with Gasteiger partial charge in [0.05, 0.1) is 37.9 Å². The van der Waals surface area contributed by atoms with Crippen LogP contribution in [0.5, 0.6) is 0 Å². The molecule has 6 rings (SSSR count). The zero-order valence-corrected chi connectivity index (χ0v) is 30.1. The Kier molecular flexibility index (Phi) is 8.74. The first kappa shape index (κ1) is 33.9. The fourth-order valence-electron chi connectivity index (χ4n) is 13.0. The molecule has 1 saturated heterocycles. The molecule has 0 unspecified atom stereocenters. The van der Waals surface area contributed by atoms with Gasteiger partial charge in [0.2, 0.25) is 0 Å². The lowest BCUT2D eigenvalue weighted by molar-refractivity contribution is -0.271. The Bertz CT molecular complexity index is 1160. The van der Waals surface area contributed by atoms with E-state index in [2.05, 4.69) is 66.9 Å². The molecule has 256 valence electrons. The van der Waals surface area contributed by atoms with Crippen molar-refractivity contribution in [3.05, 3.63) is 11.6 Å². The fraction of sp³-hybridized carbons (Fsp3) is 0.923. The number of carboxylic acid groups (broad SMARTS) is 1. The summed E-state index contributed by atoms with van der Waals surface area (Å²) in [5.41, 5.74) is 0.685. The number of methoxy groups -OCH3 is 1. The predicted molar refractivity (Wildman–Crippen MR) is 179 cm³/mol. The Morgan fingerprint density at radius 2 is 1.73 bits per heavy atom. The maximum atomic E-state index is 13.4. The van der Waals surface area contributed by atoms with Crippen molar-refractivity contribution in [3.8, 4) is 0 Å². The van der Waals surface area contributed by atoms with Gasteiger partial charge in [-0.05, 0) is 104 Å². The lowest BCUT2D eigenvalue weighted by Crippen LogP contribution is -2.71. The summed E-state index contributed by atoms with van der Waals surface area (Å²) in [6.45, 7) is 18.6. The molecule has 4 saturated carbocycles. The Hall–Kier alpha value is -0.950. The van der Waals surface area contributed by atoms with Crippen LogP contribution in [0.1, 0.15) is 119 Å². The number of hydrogen-bond donors (Lipinski definition) is 2. The van der Waals surface area contributed by atoms with Crippen molar-refractivity contribution < 1.29 is 24.1 Å². The molecule has 2 bridgehead atoms. The predicted octanol–water partition coefficient (Wildman–Crippen LogP) is 7.90. The second-order valence-corrected chi connectivity index (χ2v) is 18.2. The molecule has 2 N–H and O–H groups in total. The molecule has 5 fully saturated rings. The average Bonchev–Trinajstić information content (AvgIpc) is 3.00. The molecule has 0 aromatic heterocycles. The molecule has 6 heteroatoms. The van der Waals surface area contributed by atoms with Crippen LogP contribution in [-0.4, -0.2) is 62.8 Å². The van der Waals surface area contributed by atoms with Gasteiger partial charge in [-0.3, -0.25) is 4.79 Å². The summed E-state index contributed by atoms with van der Waals surface area (Å²) in [6, 6.07) is 0. The lowest BCUT2D eigenvalue weighted by atomic mass is 9.34. The molecule has 0 amide bonds. The van der Waals surface area contributed by atoms with Crippen molar-refractivity contribution in [1.29, 1.82) is 0 Å². The summed E-state index contributed by atoms with van der Waals surface area (Å²) in [7, 11) is 4.00. The average molecular weight is 628 g/mol. The molecule has 6 nitrogen and oxygen atoms in total. The molecule has 6 aliphatic rings. The standard InChI is InChI=1S/C39H65NO5/c1-25(2)26(3)35(5)19-20-36(6)27-13-14-30-34(4)21-29(43-9)32(45-23-38(40-8)16-11-10-12-17-38)39(30,24-44-22-34)28(27)15-18-37(36,7)31(35)33(41)42/h15,25-27,29-32,40H,10-14,16-24H2,1-9H3,(H,41,42)/t26-,27+,29-,30-,31-,32+,34-,35-,36-,37+,39+/m1/s1. The summed E-state index contributed by atoms with van der Waals surface area (Å²) in [6.07, 6.45) is 14.7. The number of fused-ring (bicyclic) bond motifs is 3. The van der Waals surface area contributed by atoms with Crippen LogP contribution < -0.4 is 5.32 Å². The third-order valence-corrected chi connectivity index (χ3v) is 16.2. The van der Waals surface area contributed by atoms with Crippen molar-refractivity contribution in [2.45, 2.75) is 137 Å². The maximum Gasteiger partial charge on any atom is 0.307 e. The largest absolute Gasteiger partial charge is 0.481 e. The molecule has 0 radical (unpaired) electrons. The van der Waals surface area contributed by atoms with E-state index in [4.69, 9.17) is 14.2 Å². The summed E-state index contributed by atoms with van der Waals surface area (Å²) in [5.74, 6) is 0.612. The van der Waals surface area contributed by atoms with Gasteiger partial charge in [-0.15, -0.1) is 0 Å². The molecular formula is C39H65NO5. The van der Waals surface area contributed by atoms with Gasteiger partial charge in [0.15, 0.2) is 0 Å². The minimum Gasteiger partial charge on any atom is -0.481 e. The molecule has 11 atom stereocenters. The van der Waals surface area contributed by atoms with E-state index in [1.165, 1.54) is 24.8 Å². The van der Waals surface area contributed by atoms with Crippen LogP contribution in [0.15, 0.2) is 11.6 Å². The van der Waals surface area contributed by atoms with Crippen LogP contribution in [0.25, 0.3) is 0 Å². The maximum absolute atomic E-state index is 13.4. The second-order valence-electron chi connectivity index (χ2n) is 18.2. The highest BCUT2D eigenvalue weighted by molar-refractivity contribution is 5.73. The molecule has 0 spiro atoms. The van der Waals surface area contributed by atoms with Gasteiger partial charge < -0.3 is 24.6 Å². The molecule has 45 heavy (non-hydrogen) atoms. The van der Waals surface area contributed by atoms with Gasteiger partial charge in [0.25, 0.3) is 0 Å². The van der Waals surface area contributed by atoms with Gasteiger partial charge >= 0.3 is 5.97 Å². The topological polar surface area (TPSA) is 77.0 Å². The van der Waals surface area contributed by atoms with E-state index in [-0.39, 0.29) is 50.7 Å². The van der Waals surface area contributed by atoms with E-state index in [1.54, 1.807) is 0 Å². The summed E-state index contributed by atoms with van der Waals surface area (Å²) >= 11 is 0. The Morgan fingerprint density at radius 1 is 1.02 bits per heavy atom. The van der Waals surface area contributed by atoms with Crippen LogP contribution in [0, 0.1) is 56.7 Å². The first-order valence-corrected chi connectivity index (χ1v) is 18.5. The summed E-state index contributed by atoms with van der Waals surface area (Å²) < 4.78 is 20.4. The third kappa shape index (κ3) is 4.71. The molecule has 1 aliphatic heterocycles. The van der Waals surface area contributed by atoms with E-state index >= 15 is 0 Å². The van der Waals surface area contributed by atoms with Crippen LogP contribution in [0.4, 0.5) is 0 Å². The van der Waals surface area contributed by atoms with Crippen LogP contribution in [0.2, 0.25) is 0 Å². The molecule has 0 aromatic carbocycles. The number of allylic oxidation sites excluding steroid dienone is 1. The number of rotatable bonds is 8. The van der Waals surface area contributed by atoms with Gasteiger partial charge in [0, 0.05) is 18.1 Å².